The molecular formula is C17H17F3N2O5. The first-order chi connectivity index (χ1) is 12.8. The van der Waals surface area contributed by atoms with E-state index in [0.29, 0.717) is 5.56 Å². The lowest BCUT2D eigenvalue weighted by Crippen LogP contribution is -2.30. The molecule has 1 amide bonds. The van der Waals surface area contributed by atoms with Crippen LogP contribution >= 0.6 is 0 Å². The summed E-state index contributed by atoms with van der Waals surface area (Å²) in [7, 11) is 2.77. The highest BCUT2D eigenvalue weighted by Gasteiger charge is 2.31. The summed E-state index contributed by atoms with van der Waals surface area (Å²) < 4.78 is 56.5. The Morgan fingerprint density at radius 1 is 1.07 bits per heavy atom. The van der Waals surface area contributed by atoms with Crippen LogP contribution in [0.2, 0.25) is 0 Å². The Morgan fingerprint density at radius 2 is 1.63 bits per heavy atom. The van der Waals surface area contributed by atoms with Gasteiger partial charge >= 0.3 is 6.36 Å². The molecule has 0 radical (unpaired) electrons. The van der Waals surface area contributed by atoms with Crippen molar-refractivity contribution in [1.29, 1.82) is 0 Å². The van der Waals surface area contributed by atoms with Gasteiger partial charge in [-0.2, -0.15) is 0 Å². The summed E-state index contributed by atoms with van der Waals surface area (Å²) in [6, 6.07) is 8.04. The Balaban J connectivity index is 2.18. The number of hydrogen-bond donors (Lipinski definition) is 2. The topological polar surface area (TPSA) is 92.0 Å². The van der Waals surface area contributed by atoms with E-state index in [1.807, 2.05) is 5.43 Å². The number of rotatable bonds is 7. The molecule has 2 rings (SSSR count). The summed E-state index contributed by atoms with van der Waals surface area (Å²) in [5, 5.41) is 0. The summed E-state index contributed by atoms with van der Waals surface area (Å²) >= 11 is 0. The number of carbonyl (C=O) groups is 1. The Kier molecular flexibility index (Phi) is 6.35. The van der Waals surface area contributed by atoms with Gasteiger partial charge in [-0.25, -0.2) is 5.84 Å². The van der Waals surface area contributed by atoms with Crippen LogP contribution in [-0.2, 0) is 6.61 Å². The van der Waals surface area contributed by atoms with Crippen LogP contribution in [0.4, 0.5) is 13.2 Å². The van der Waals surface area contributed by atoms with Crippen molar-refractivity contribution < 1.29 is 36.9 Å². The first kappa shape index (κ1) is 20.2. The molecule has 2 aromatic carbocycles. The average molecular weight is 386 g/mol. The van der Waals surface area contributed by atoms with Gasteiger partial charge in [0.2, 0.25) is 5.75 Å². The number of ether oxygens (including phenoxy) is 4. The van der Waals surface area contributed by atoms with Gasteiger partial charge in [-0.3, -0.25) is 10.2 Å². The third-order valence-electron chi connectivity index (χ3n) is 3.39. The van der Waals surface area contributed by atoms with Gasteiger partial charge < -0.3 is 18.9 Å². The van der Waals surface area contributed by atoms with Crippen molar-refractivity contribution >= 4 is 5.91 Å². The minimum Gasteiger partial charge on any atom is -0.493 e. The number of methoxy groups -OCH3 is 2. The fraction of sp³-hybridized carbons (Fsp3) is 0.235. The number of nitrogens with two attached hydrogens (primary N) is 1. The van der Waals surface area contributed by atoms with E-state index in [9.17, 15) is 18.0 Å². The molecule has 0 saturated heterocycles. The normalized spacial score (nSPS) is 10.9. The Hall–Kier alpha value is -3.14. The number of benzene rings is 2. The first-order valence-electron chi connectivity index (χ1n) is 7.52. The lowest BCUT2D eigenvalue weighted by molar-refractivity contribution is -0.274. The minimum atomic E-state index is -4.75. The van der Waals surface area contributed by atoms with Gasteiger partial charge in [0.15, 0.2) is 11.5 Å². The fourth-order valence-corrected chi connectivity index (χ4v) is 2.18. The van der Waals surface area contributed by atoms with Gasteiger partial charge in [0.1, 0.15) is 12.4 Å². The number of halogens is 3. The molecule has 146 valence electrons. The average Bonchev–Trinajstić information content (AvgIpc) is 2.64. The molecule has 0 atom stereocenters. The van der Waals surface area contributed by atoms with Gasteiger partial charge in [0.05, 0.1) is 14.2 Å². The van der Waals surface area contributed by atoms with Crippen LogP contribution in [0.3, 0.4) is 0 Å². The Bertz CT molecular complexity index is 769. The molecule has 0 aromatic heterocycles. The van der Waals surface area contributed by atoms with Crippen molar-refractivity contribution in [2.45, 2.75) is 13.0 Å². The van der Waals surface area contributed by atoms with Crippen LogP contribution in [0.1, 0.15) is 15.9 Å². The van der Waals surface area contributed by atoms with Gasteiger partial charge in [-0.05, 0) is 29.8 Å². The van der Waals surface area contributed by atoms with Crippen molar-refractivity contribution in [3.8, 4) is 23.0 Å². The number of alkyl halides is 3. The van der Waals surface area contributed by atoms with Crippen LogP contribution in [0, 0.1) is 0 Å². The maximum Gasteiger partial charge on any atom is 0.573 e. The van der Waals surface area contributed by atoms with Crippen LogP contribution in [0.15, 0.2) is 36.4 Å². The maximum absolute atomic E-state index is 12.2. The molecule has 0 bridgehead atoms. The van der Waals surface area contributed by atoms with Crippen molar-refractivity contribution in [3.63, 3.8) is 0 Å². The van der Waals surface area contributed by atoms with E-state index in [4.69, 9.17) is 20.1 Å². The zero-order valence-electron chi connectivity index (χ0n) is 14.4. The van der Waals surface area contributed by atoms with Crippen LogP contribution in [-0.4, -0.2) is 26.5 Å². The Morgan fingerprint density at radius 3 is 2.07 bits per heavy atom. The van der Waals surface area contributed by atoms with Gasteiger partial charge in [-0.15, -0.1) is 13.2 Å². The first-order valence-corrected chi connectivity index (χ1v) is 7.52. The third kappa shape index (κ3) is 5.42. The van der Waals surface area contributed by atoms with Gasteiger partial charge in [0, 0.05) is 5.56 Å². The lowest BCUT2D eigenvalue weighted by atomic mass is 10.1. The molecule has 0 spiro atoms. The predicted octanol–water partition coefficient (Wildman–Crippen LogP) is 2.78. The molecule has 0 aliphatic carbocycles. The molecule has 0 unspecified atom stereocenters. The third-order valence-corrected chi connectivity index (χ3v) is 3.39. The van der Waals surface area contributed by atoms with E-state index in [0.717, 1.165) is 0 Å². The molecule has 2 aromatic rings. The highest BCUT2D eigenvalue weighted by molar-refractivity contribution is 5.95. The molecule has 0 aliphatic heterocycles. The molecule has 7 nitrogen and oxygen atoms in total. The molecule has 0 heterocycles. The predicted molar refractivity (Wildman–Crippen MR) is 88.7 cm³/mol. The van der Waals surface area contributed by atoms with Crippen LogP contribution in [0.5, 0.6) is 23.0 Å². The summed E-state index contributed by atoms with van der Waals surface area (Å²) in [4.78, 5) is 11.7. The second-order valence-electron chi connectivity index (χ2n) is 5.16. The Labute approximate surface area is 152 Å². The molecule has 27 heavy (non-hydrogen) atoms. The smallest absolute Gasteiger partial charge is 0.493 e. The molecule has 0 aliphatic rings. The van der Waals surface area contributed by atoms with Gasteiger partial charge in [0.25, 0.3) is 5.91 Å². The van der Waals surface area contributed by atoms with E-state index in [-0.39, 0.29) is 35.2 Å². The zero-order valence-corrected chi connectivity index (χ0v) is 14.4. The number of hydrogen-bond acceptors (Lipinski definition) is 6. The highest BCUT2D eigenvalue weighted by Crippen LogP contribution is 2.39. The standard InChI is InChI=1S/C17H17F3N2O5/c1-24-13-7-11(16(23)22-21)8-14(25-2)15(13)26-9-10-3-5-12(6-4-10)27-17(18,19)20/h3-8H,9,21H2,1-2H3,(H,22,23). The number of hydrazine groups is 1. The fourth-order valence-electron chi connectivity index (χ4n) is 2.18. The number of amides is 1. The maximum atomic E-state index is 12.2. The molecule has 10 heteroatoms. The SMILES string of the molecule is COc1cc(C(=O)NN)cc(OC)c1OCc1ccc(OC(F)(F)F)cc1. The summed E-state index contributed by atoms with van der Waals surface area (Å²) in [5.74, 6) is 4.92. The number of carbonyl (C=O) groups excluding carboxylic acids is 1. The highest BCUT2D eigenvalue weighted by atomic mass is 19.4. The van der Waals surface area contributed by atoms with Crippen LogP contribution < -0.4 is 30.2 Å². The van der Waals surface area contributed by atoms with E-state index in [1.54, 1.807) is 0 Å². The van der Waals surface area contributed by atoms with Crippen molar-refractivity contribution in [1.82, 2.24) is 5.43 Å². The number of nitrogens with one attached hydrogen (secondary N) is 1. The summed E-state index contributed by atoms with van der Waals surface area (Å²) in [5.41, 5.74) is 2.78. The second-order valence-corrected chi connectivity index (χ2v) is 5.16. The lowest BCUT2D eigenvalue weighted by Gasteiger charge is -2.16. The zero-order chi connectivity index (χ0) is 20.0. The summed E-state index contributed by atoms with van der Waals surface area (Å²) in [6.45, 7) is 0.0153. The van der Waals surface area contributed by atoms with Crippen molar-refractivity contribution in [3.05, 3.63) is 47.5 Å². The monoisotopic (exact) mass is 386 g/mol. The molecule has 3 N–H and O–H groups in total. The quantitative estimate of drug-likeness (QED) is 0.432. The minimum absolute atomic E-state index is 0.0153. The van der Waals surface area contributed by atoms with Crippen molar-refractivity contribution in [2.75, 3.05) is 14.2 Å². The summed E-state index contributed by atoms with van der Waals surface area (Å²) in [6.07, 6.45) is -4.75. The van der Waals surface area contributed by atoms with Crippen LogP contribution in [0.25, 0.3) is 0 Å². The van der Waals surface area contributed by atoms with E-state index < -0.39 is 12.3 Å². The number of nitrogen functional groups attached to an aromatic ring is 1. The van der Waals surface area contributed by atoms with E-state index >= 15 is 0 Å². The largest absolute Gasteiger partial charge is 0.573 e. The second kappa shape index (κ2) is 8.49. The molecule has 0 fully saturated rings. The van der Waals surface area contributed by atoms with Crippen molar-refractivity contribution in [2.24, 2.45) is 5.84 Å². The van der Waals surface area contributed by atoms with Gasteiger partial charge in [-0.1, -0.05) is 12.1 Å². The van der Waals surface area contributed by atoms with E-state index in [2.05, 4.69) is 4.74 Å². The molecule has 0 saturated carbocycles. The van der Waals surface area contributed by atoms with E-state index in [1.165, 1.54) is 50.6 Å². The molecular weight excluding hydrogens is 369 g/mol.